The number of Topliss-reactive ketones (excluding diaryl/α,β-unsaturated/α-hetero) is 1. The Bertz CT molecular complexity index is 795. The molecule has 0 fully saturated rings. The molecule has 0 aromatic heterocycles. The summed E-state index contributed by atoms with van der Waals surface area (Å²) in [5.41, 5.74) is 1.13. The van der Waals surface area contributed by atoms with E-state index < -0.39 is 12.0 Å². The first-order valence-corrected chi connectivity index (χ1v) is 8.92. The molecule has 5 heteroatoms. The van der Waals surface area contributed by atoms with E-state index in [0.29, 0.717) is 12.8 Å². The molecule has 2 atom stereocenters. The third kappa shape index (κ3) is 5.15. The Labute approximate surface area is 154 Å². The van der Waals surface area contributed by atoms with Crippen LogP contribution in [0.4, 0.5) is 0 Å². The Hall–Kier alpha value is -2.69. The molecule has 2 amide bonds. The first kappa shape index (κ1) is 19.6. The Morgan fingerprint density at radius 1 is 1.00 bits per heavy atom. The number of fused-ring (bicyclic) bond motifs is 1. The number of carbonyl (C=O) groups excluding carboxylic acids is 3. The number of hydrogen-bond donors (Lipinski definition) is 2. The van der Waals surface area contributed by atoms with Crippen LogP contribution in [0.3, 0.4) is 0 Å². The SMILES string of the molecule is CNC(=O)C[C@H](C)C(=O)N[C@@H](C)C(=O)CCc1cccc2ccccc12. The predicted molar refractivity (Wildman–Crippen MR) is 103 cm³/mol. The molecule has 0 saturated carbocycles. The molecule has 0 unspecified atom stereocenters. The van der Waals surface area contributed by atoms with Gasteiger partial charge in [0, 0.05) is 25.8 Å². The summed E-state index contributed by atoms with van der Waals surface area (Å²) in [7, 11) is 1.53. The Balaban J connectivity index is 1.90. The highest BCUT2D eigenvalue weighted by Crippen LogP contribution is 2.20. The van der Waals surface area contributed by atoms with Crippen molar-refractivity contribution in [2.24, 2.45) is 5.92 Å². The van der Waals surface area contributed by atoms with Crippen LogP contribution >= 0.6 is 0 Å². The fourth-order valence-electron chi connectivity index (χ4n) is 2.89. The summed E-state index contributed by atoms with van der Waals surface area (Å²) in [5, 5.41) is 7.51. The maximum Gasteiger partial charge on any atom is 0.223 e. The summed E-state index contributed by atoms with van der Waals surface area (Å²) >= 11 is 0. The van der Waals surface area contributed by atoms with Crippen molar-refractivity contribution < 1.29 is 14.4 Å². The Morgan fingerprint density at radius 2 is 1.69 bits per heavy atom. The zero-order chi connectivity index (χ0) is 19.1. The molecular formula is C21H26N2O3. The van der Waals surface area contributed by atoms with Crippen molar-refractivity contribution in [1.82, 2.24) is 10.6 Å². The van der Waals surface area contributed by atoms with Crippen LogP contribution in [0.5, 0.6) is 0 Å². The van der Waals surface area contributed by atoms with Crippen LogP contribution in [-0.4, -0.2) is 30.7 Å². The van der Waals surface area contributed by atoms with Gasteiger partial charge in [-0.15, -0.1) is 0 Å². The quantitative estimate of drug-likeness (QED) is 0.765. The number of hydrogen-bond acceptors (Lipinski definition) is 3. The van der Waals surface area contributed by atoms with Crippen molar-refractivity contribution in [3.05, 3.63) is 48.0 Å². The maximum atomic E-state index is 12.4. The topological polar surface area (TPSA) is 75.3 Å². The highest BCUT2D eigenvalue weighted by atomic mass is 16.2. The molecule has 0 aliphatic carbocycles. The van der Waals surface area contributed by atoms with Crippen molar-refractivity contribution in [1.29, 1.82) is 0 Å². The predicted octanol–water partition coefficient (Wildman–Crippen LogP) is 2.62. The van der Waals surface area contributed by atoms with E-state index in [9.17, 15) is 14.4 Å². The van der Waals surface area contributed by atoms with E-state index in [0.717, 1.165) is 16.3 Å². The molecule has 0 saturated heterocycles. The van der Waals surface area contributed by atoms with Gasteiger partial charge in [-0.25, -0.2) is 0 Å². The largest absolute Gasteiger partial charge is 0.359 e. The standard InChI is InChI=1S/C21H26N2O3/c1-14(13-20(25)22-3)21(26)23-15(2)19(24)12-11-17-9-6-8-16-7-4-5-10-18(16)17/h4-10,14-15H,11-13H2,1-3H3,(H,22,25)(H,23,26)/t14-,15-/m0/s1. The minimum atomic E-state index is -0.565. The highest BCUT2D eigenvalue weighted by molar-refractivity contribution is 5.92. The molecule has 138 valence electrons. The normalized spacial score (nSPS) is 13.0. The van der Waals surface area contributed by atoms with Crippen LogP contribution in [0.25, 0.3) is 10.8 Å². The second-order valence-corrected chi connectivity index (χ2v) is 6.61. The molecule has 26 heavy (non-hydrogen) atoms. The number of nitrogens with one attached hydrogen (secondary N) is 2. The van der Waals surface area contributed by atoms with Crippen LogP contribution < -0.4 is 10.6 Å². The summed E-state index contributed by atoms with van der Waals surface area (Å²) in [6.45, 7) is 3.37. The highest BCUT2D eigenvalue weighted by Gasteiger charge is 2.21. The molecule has 0 aliphatic heterocycles. The molecule has 0 aliphatic rings. The molecule has 2 rings (SSSR count). The second-order valence-electron chi connectivity index (χ2n) is 6.61. The van der Waals surface area contributed by atoms with E-state index in [-0.39, 0.29) is 24.0 Å². The zero-order valence-electron chi connectivity index (χ0n) is 15.5. The van der Waals surface area contributed by atoms with Crippen LogP contribution in [0, 0.1) is 5.92 Å². The molecule has 5 nitrogen and oxygen atoms in total. The number of aryl methyl sites for hydroxylation is 1. The van der Waals surface area contributed by atoms with Gasteiger partial charge in [-0.3, -0.25) is 14.4 Å². The lowest BCUT2D eigenvalue weighted by molar-refractivity contribution is -0.132. The van der Waals surface area contributed by atoms with Gasteiger partial charge in [0.2, 0.25) is 11.8 Å². The molecule has 2 N–H and O–H groups in total. The van der Waals surface area contributed by atoms with Gasteiger partial charge in [-0.2, -0.15) is 0 Å². The van der Waals surface area contributed by atoms with Crippen molar-refractivity contribution in [2.45, 2.75) is 39.2 Å². The third-order valence-corrected chi connectivity index (χ3v) is 4.58. The monoisotopic (exact) mass is 354 g/mol. The first-order chi connectivity index (χ1) is 12.4. The molecular weight excluding hydrogens is 328 g/mol. The van der Waals surface area contributed by atoms with E-state index in [1.165, 1.54) is 7.05 Å². The van der Waals surface area contributed by atoms with E-state index in [2.05, 4.69) is 28.8 Å². The smallest absolute Gasteiger partial charge is 0.223 e. The first-order valence-electron chi connectivity index (χ1n) is 8.92. The van der Waals surface area contributed by atoms with Gasteiger partial charge >= 0.3 is 0 Å². The van der Waals surface area contributed by atoms with E-state index in [1.807, 2.05) is 24.3 Å². The van der Waals surface area contributed by atoms with Crippen molar-refractivity contribution in [3.8, 4) is 0 Å². The summed E-state index contributed by atoms with van der Waals surface area (Å²) in [4.78, 5) is 35.9. The number of ketones is 1. The molecule has 2 aromatic rings. The van der Waals surface area contributed by atoms with Gasteiger partial charge in [0.15, 0.2) is 5.78 Å². The van der Waals surface area contributed by atoms with Crippen molar-refractivity contribution in [2.75, 3.05) is 7.05 Å². The minimum Gasteiger partial charge on any atom is -0.359 e. The number of benzene rings is 2. The van der Waals surface area contributed by atoms with Crippen molar-refractivity contribution in [3.63, 3.8) is 0 Å². The maximum absolute atomic E-state index is 12.4. The lowest BCUT2D eigenvalue weighted by Crippen LogP contribution is -2.42. The lowest BCUT2D eigenvalue weighted by atomic mass is 9.98. The summed E-state index contributed by atoms with van der Waals surface area (Å²) in [6.07, 6.45) is 1.10. The summed E-state index contributed by atoms with van der Waals surface area (Å²) in [6, 6.07) is 13.6. The fourth-order valence-corrected chi connectivity index (χ4v) is 2.89. The average molecular weight is 354 g/mol. The van der Waals surface area contributed by atoms with Gasteiger partial charge in [0.1, 0.15) is 0 Å². The van der Waals surface area contributed by atoms with Crippen molar-refractivity contribution >= 4 is 28.4 Å². The van der Waals surface area contributed by atoms with Gasteiger partial charge in [-0.05, 0) is 29.7 Å². The summed E-state index contributed by atoms with van der Waals surface area (Å²) < 4.78 is 0. The van der Waals surface area contributed by atoms with Gasteiger partial charge in [0.25, 0.3) is 0 Å². The Morgan fingerprint density at radius 3 is 2.42 bits per heavy atom. The Kier molecular flexibility index (Phi) is 6.89. The average Bonchev–Trinajstić information content (AvgIpc) is 2.65. The van der Waals surface area contributed by atoms with Gasteiger partial charge < -0.3 is 10.6 Å². The van der Waals surface area contributed by atoms with Crippen LogP contribution in [0.15, 0.2) is 42.5 Å². The van der Waals surface area contributed by atoms with E-state index in [4.69, 9.17) is 0 Å². The van der Waals surface area contributed by atoms with Crippen LogP contribution in [-0.2, 0) is 20.8 Å². The van der Waals surface area contributed by atoms with Crippen LogP contribution in [0.1, 0.15) is 32.3 Å². The number of amides is 2. The number of carbonyl (C=O) groups is 3. The number of rotatable bonds is 8. The van der Waals surface area contributed by atoms with Crippen LogP contribution in [0.2, 0.25) is 0 Å². The molecule has 0 heterocycles. The molecule has 2 aromatic carbocycles. The molecule has 0 radical (unpaired) electrons. The van der Waals surface area contributed by atoms with E-state index in [1.54, 1.807) is 13.8 Å². The van der Waals surface area contributed by atoms with Gasteiger partial charge in [0.05, 0.1) is 6.04 Å². The fraction of sp³-hybridized carbons (Fsp3) is 0.381. The lowest BCUT2D eigenvalue weighted by Gasteiger charge is -2.16. The third-order valence-electron chi connectivity index (χ3n) is 4.58. The molecule has 0 spiro atoms. The molecule has 0 bridgehead atoms. The zero-order valence-corrected chi connectivity index (χ0v) is 15.5. The minimum absolute atomic E-state index is 0.0153. The second kappa shape index (κ2) is 9.13. The summed E-state index contributed by atoms with van der Waals surface area (Å²) in [5.74, 6) is -0.955. The van der Waals surface area contributed by atoms with E-state index >= 15 is 0 Å². The van der Waals surface area contributed by atoms with Gasteiger partial charge in [-0.1, -0.05) is 49.4 Å².